The molecule has 2 aliphatic heterocycles. The maximum absolute atomic E-state index is 11.9. The summed E-state index contributed by atoms with van der Waals surface area (Å²) in [5.41, 5.74) is 0. The molecule has 0 bridgehead atoms. The third-order valence-corrected chi connectivity index (χ3v) is 5.28. The molecule has 4 nitrogen and oxygen atoms in total. The number of hydrogen-bond acceptors (Lipinski definition) is 3. The van der Waals surface area contributed by atoms with Gasteiger partial charge in [-0.1, -0.05) is 0 Å². The molecule has 2 atom stereocenters. The quantitative estimate of drug-likeness (QED) is 0.574. The molecule has 5 heteroatoms. The fourth-order valence-corrected chi connectivity index (χ4v) is 3.35. The lowest BCUT2D eigenvalue weighted by molar-refractivity contribution is 0.155. The van der Waals surface area contributed by atoms with Crippen LogP contribution in [0.15, 0.2) is 0 Å². The molecule has 0 aromatic carbocycles. The first-order chi connectivity index (χ1) is 5.86. The number of nitrogens with zero attached hydrogens (tertiary/aromatic N) is 1. The minimum Gasteiger partial charge on any atom is -0.378 e. The summed E-state index contributed by atoms with van der Waals surface area (Å²) in [6.45, 7) is 6.34. The fraction of sp³-hybridized carbons (Fsp3) is 1.00. The first-order valence-corrected chi connectivity index (χ1v) is 5.90. The van der Waals surface area contributed by atoms with E-state index in [4.69, 9.17) is 4.74 Å². The Morgan fingerprint density at radius 2 is 1.69 bits per heavy atom. The van der Waals surface area contributed by atoms with Crippen molar-refractivity contribution in [3.63, 3.8) is 0 Å². The van der Waals surface area contributed by atoms with Crippen molar-refractivity contribution in [3.05, 3.63) is 0 Å². The average Bonchev–Trinajstić information content (AvgIpc) is 2.46. The smallest absolute Gasteiger partial charge is 0.219 e. The van der Waals surface area contributed by atoms with Gasteiger partial charge >= 0.3 is 0 Å². The lowest BCUT2D eigenvalue weighted by atomic mass is 10.3. The molecule has 0 radical (unpaired) electrons. The molecule has 0 N–H and O–H groups in total. The van der Waals surface area contributed by atoms with E-state index in [1.54, 1.807) is 25.1 Å². The highest BCUT2D eigenvalue weighted by Crippen LogP contribution is 2.40. The van der Waals surface area contributed by atoms with Gasteiger partial charge in [0.2, 0.25) is 10.0 Å². The van der Waals surface area contributed by atoms with E-state index in [-0.39, 0.29) is 12.1 Å². The lowest BCUT2D eigenvalue weighted by Gasteiger charge is -2.21. The van der Waals surface area contributed by atoms with Crippen LogP contribution < -0.4 is 0 Å². The van der Waals surface area contributed by atoms with Crippen molar-refractivity contribution in [2.75, 3.05) is 13.2 Å². The fourth-order valence-electron chi connectivity index (χ4n) is 1.66. The van der Waals surface area contributed by atoms with Crippen LogP contribution in [-0.4, -0.2) is 42.8 Å². The van der Waals surface area contributed by atoms with E-state index in [2.05, 4.69) is 0 Å². The summed E-state index contributed by atoms with van der Waals surface area (Å²) < 4.78 is 29.8. The summed E-state index contributed by atoms with van der Waals surface area (Å²) in [5, 5.41) is 0. The Morgan fingerprint density at radius 3 is 2.08 bits per heavy atom. The highest BCUT2D eigenvalue weighted by Gasteiger charge is 2.60. The monoisotopic (exact) mass is 205 g/mol. The molecule has 2 saturated heterocycles. The largest absolute Gasteiger partial charge is 0.378 e. The Kier molecular flexibility index (Phi) is 1.78. The van der Waals surface area contributed by atoms with Crippen LogP contribution in [0.1, 0.15) is 20.8 Å². The van der Waals surface area contributed by atoms with Gasteiger partial charge in [0, 0.05) is 0 Å². The molecule has 2 fully saturated rings. The number of rotatable bonds is 1. The van der Waals surface area contributed by atoms with E-state index in [9.17, 15) is 8.42 Å². The van der Waals surface area contributed by atoms with Crippen LogP contribution in [-0.2, 0) is 14.8 Å². The zero-order chi connectivity index (χ0) is 9.85. The van der Waals surface area contributed by atoms with Crippen molar-refractivity contribution < 1.29 is 13.2 Å². The van der Waals surface area contributed by atoms with E-state index >= 15 is 0 Å². The zero-order valence-electron chi connectivity index (χ0n) is 8.15. The van der Waals surface area contributed by atoms with Crippen LogP contribution in [0.3, 0.4) is 0 Å². The van der Waals surface area contributed by atoms with E-state index in [0.29, 0.717) is 13.2 Å². The second-order valence-electron chi connectivity index (χ2n) is 4.62. The van der Waals surface area contributed by atoms with Crippen molar-refractivity contribution in [1.29, 1.82) is 0 Å². The first-order valence-electron chi connectivity index (χ1n) is 4.46. The van der Waals surface area contributed by atoms with Crippen LogP contribution >= 0.6 is 0 Å². The molecule has 76 valence electrons. The Morgan fingerprint density at radius 1 is 1.23 bits per heavy atom. The number of fused-ring (bicyclic) bond motifs is 1. The van der Waals surface area contributed by atoms with Gasteiger partial charge in [-0.2, -0.15) is 4.31 Å². The van der Waals surface area contributed by atoms with Crippen molar-refractivity contribution in [1.82, 2.24) is 4.31 Å². The SMILES string of the molecule is CC(C)(C)S(=O)(=O)N1C2COCC21. The highest BCUT2D eigenvalue weighted by molar-refractivity contribution is 7.90. The van der Waals surface area contributed by atoms with E-state index < -0.39 is 14.8 Å². The Hall–Kier alpha value is -0.130. The van der Waals surface area contributed by atoms with Crippen LogP contribution in [0.5, 0.6) is 0 Å². The van der Waals surface area contributed by atoms with Crippen molar-refractivity contribution in [3.8, 4) is 0 Å². The van der Waals surface area contributed by atoms with Gasteiger partial charge in [0.25, 0.3) is 0 Å². The van der Waals surface area contributed by atoms with E-state index in [0.717, 1.165) is 0 Å². The zero-order valence-corrected chi connectivity index (χ0v) is 8.97. The van der Waals surface area contributed by atoms with Crippen LogP contribution in [0.4, 0.5) is 0 Å². The van der Waals surface area contributed by atoms with Crippen molar-refractivity contribution in [2.45, 2.75) is 37.6 Å². The molecule has 0 spiro atoms. The number of ether oxygens (including phenoxy) is 1. The third-order valence-electron chi connectivity index (χ3n) is 2.64. The second-order valence-corrected chi connectivity index (χ2v) is 7.22. The molecule has 0 aromatic rings. The van der Waals surface area contributed by atoms with E-state index in [1.807, 2.05) is 0 Å². The molecule has 0 aliphatic carbocycles. The van der Waals surface area contributed by atoms with E-state index in [1.165, 1.54) is 0 Å². The van der Waals surface area contributed by atoms with Gasteiger partial charge in [-0.05, 0) is 20.8 Å². The first kappa shape index (κ1) is 9.43. The molecule has 13 heavy (non-hydrogen) atoms. The maximum Gasteiger partial charge on any atom is 0.219 e. The number of morpholine rings is 1. The average molecular weight is 205 g/mol. The third kappa shape index (κ3) is 1.21. The van der Waals surface area contributed by atoms with Crippen LogP contribution in [0.2, 0.25) is 0 Å². The predicted octanol–water partition coefficient (Wildman–Crippen LogP) is 0.198. The number of sulfonamides is 1. The Bertz CT molecular complexity index is 307. The number of hydrogen-bond donors (Lipinski definition) is 0. The Labute approximate surface area is 78.9 Å². The molecular weight excluding hydrogens is 190 g/mol. The molecule has 2 rings (SSSR count). The molecule has 0 saturated carbocycles. The predicted molar refractivity (Wildman–Crippen MR) is 48.9 cm³/mol. The molecule has 2 aliphatic rings. The van der Waals surface area contributed by atoms with Gasteiger partial charge in [-0.15, -0.1) is 0 Å². The summed E-state index contributed by atoms with van der Waals surface area (Å²) in [7, 11) is -3.11. The molecular formula is C8H15NO3S. The minimum atomic E-state index is -3.11. The normalized spacial score (nSPS) is 38.8. The van der Waals surface area contributed by atoms with Gasteiger partial charge in [-0.3, -0.25) is 0 Å². The second kappa shape index (κ2) is 2.46. The summed E-state index contributed by atoms with van der Waals surface area (Å²) in [6.07, 6.45) is 0. The molecule has 2 unspecified atom stereocenters. The maximum atomic E-state index is 11.9. The molecule has 0 amide bonds. The van der Waals surface area contributed by atoms with Gasteiger partial charge in [0.05, 0.1) is 30.0 Å². The summed E-state index contributed by atoms with van der Waals surface area (Å²) in [4.78, 5) is 0. The molecule has 2 heterocycles. The van der Waals surface area contributed by atoms with Gasteiger partial charge in [0.1, 0.15) is 0 Å². The van der Waals surface area contributed by atoms with Crippen LogP contribution in [0, 0.1) is 0 Å². The van der Waals surface area contributed by atoms with Crippen molar-refractivity contribution in [2.24, 2.45) is 0 Å². The van der Waals surface area contributed by atoms with Gasteiger partial charge in [0.15, 0.2) is 0 Å². The standard InChI is InChI=1S/C8H15NO3S/c1-8(2,3)13(10,11)9-6-4-12-5-7(6)9/h6-7H,4-5H2,1-3H3. The minimum absolute atomic E-state index is 0.129. The lowest BCUT2D eigenvalue weighted by Crippen LogP contribution is -2.36. The Balaban J connectivity index is 2.20. The van der Waals surface area contributed by atoms with Crippen molar-refractivity contribution >= 4 is 10.0 Å². The summed E-state index contributed by atoms with van der Waals surface area (Å²) in [5.74, 6) is 0. The topological polar surface area (TPSA) is 46.4 Å². The highest BCUT2D eigenvalue weighted by atomic mass is 32.2. The van der Waals surface area contributed by atoms with Gasteiger partial charge in [-0.25, -0.2) is 8.42 Å². The van der Waals surface area contributed by atoms with Crippen LogP contribution in [0.25, 0.3) is 0 Å². The summed E-state index contributed by atoms with van der Waals surface area (Å²) in [6, 6.07) is 0.258. The molecule has 0 aromatic heterocycles. The summed E-state index contributed by atoms with van der Waals surface area (Å²) >= 11 is 0. The van der Waals surface area contributed by atoms with Gasteiger partial charge < -0.3 is 4.74 Å².